The predicted molar refractivity (Wildman–Crippen MR) is 88.4 cm³/mol. The van der Waals surface area contributed by atoms with Gasteiger partial charge in [-0.2, -0.15) is 5.10 Å². The van der Waals surface area contributed by atoms with E-state index < -0.39 is 0 Å². The van der Waals surface area contributed by atoms with E-state index in [4.69, 9.17) is 14.2 Å². The van der Waals surface area contributed by atoms with E-state index in [0.29, 0.717) is 18.1 Å². The fraction of sp³-hybridized carbons (Fsp3) is 0.235. The number of hydrogen-bond donors (Lipinski definition) is 1. The molecule has 0 heterocycles. The van der Waals surface area contributed by atoms with Gasteiger partial charge < -0.3 is 14.2 Å². The fourth-order valence-electron chi connectivity index (χ4n) is 1.89. The summed E-state index contributed by atoms with van der Waals surface area (Å²) in [6.45, 7) is 2.52. The van der Waals surface area contributed by atoms with Crippen molar-refractivity contribution in [2.45, 2.75) is 6.92 Å². The Balaban J connectivity index is 2.04. The predicted octanol–water partition coefficient (Wildman–Crippen LogP) is 3.55. The zero-order valence-corrected chi connectivity index (χ0v) is 13.0. The molecule has 22 heavy (non-hydrogen) atoms. The molecular weight excluding hydrogens is 280 g/mol. The maximum atomic E-state index is 5.54. The van der Waals surface area contributed by atoms with Crippen molar-refractivity contribution in [2.75, 3.05) is 26.3 Å². The molecule has 2 rings (SSSR count). The van der Waals surface area contributed by atoms with Crippen molar-refractivity contribution in [3.05, 3.63) is 48.0 Å². The molecule has 0 unspecified atom stereocenters. The quantitative estimate of drug-likeness (QED) is 0.627. The number of benzene rings is 2. The smallest absolute Gasteiger partial charge is 0.161 e. The first-order valence-electron chi connectivity index (χ1n) is 7.00. The first-order valence-corrected chi connectivity index (χ1v) is 7.00. The molecule has 1 N–H and O–H groups in total. The van der Waals surface area contributed by atoms with Gasteiger partial charge in [0.2, 0.25) is 0 Å². The van der Waals surface area contributed by atoms with Crippen LogP contribution in [0.1, 0.15) is 12.5 Å². The molecule has 0 amide bonds. The van der Waals surface area contributed by atoms with Crippen molar-refractivity contribution in [1.82, 2.24) is 0 Å². The summed E-state index contributed by atoms with van der Waals surface area (Å²) in [6, 6.07) is 13.2. The Morgan fingerprint density at radius 1 is 1.00 bits per heavy atom. The molecule has 0 spiro atoms. The summed E-state index contributed by atoms with van der Waals surface area (Å²) in [5.74, 6) is 2.23. The Hall–Kier alpha value is -2.69. The molecule has 0 aliphatic carbocycles. The topological polar surface area (TPSA) is 52.1 Å². The number of hydrogen-bond acceptors (Lipinski definition) is 5. The van der Waals surface area contributed by atoms with E-state index in [1.807, 2.05) is 49.4 Å². The molecule has 2 aromatic carbocycles. The van der Waals surface area contributed by atoms with Crippen LogP contribution in [0.4, 0.5) is 5.69 Å². The highest BCUT2D eigenvalue weighted by atomic mass is 16.5. The lowest BCUT2D eigenvalue weighted by molar-refractivity contribution is 0.311. The summed E-state index contributed by atoms with van der Waals surface area (Å²) >= 11 is 0. The maximum absolute atomic E-state index is 5.54. The molecule has 0 aliphatic rings. The molecular formula is C17H20N2O3. The van der Waals surface area contributed by atoms with Crippen LogP contribution < -0.4 is 19.6 Å². The van der Waals surface area contributed by atoms with Crippen molar-refractivity contribution in [1.29, 1.82) is 0 Å². The van der Waals surface area contributed by atoms with Gasteiger partial charge in [0, 0.05) is 0 Å². The second-order valence-electron chi connectivity index (χ2n) is 4.44. The van der Waals surface area contributed by atoms with Gasteiger partial charge in [0.15, 0.2) is 11.5 Å². The second-order valence-corrected chi connectivity index (χ2v) is 4.44. The maximum Gasteiger partial charge on any atom is 0.161 e. The first kappa shape index (κ1) is 15.7. The Morgan fingerprint density at radius 3 is 2.41 bits per heavy atom. The fourth-order valence-corrected chi connectivity index (χ4v) is 1.89. The Labute approximate surface area is 130 Å². The molecule has 0 saturated carbocycles. The summed E-state index contributed by atoms with van der Waals surface area (Å²) < 4.78 is 15.9. The number of methoxy groups -OCH3 is 2. The second kappa shape index (κ2) is 7.93. The summed E-state index contributed by atoms with van der Waals surface area (Å²) in [6.07, 6.45) is 1.73. The van der Waals surface area contributed by atoms with E-state index in [0.717, 1.165) is 17.0 Å². The van der Waals surface area contributed by atoms with Gasteiger partial charge in [-0.3, -0.25) is 5.43 Å². The molecule has 0 fully saturated rings. The minimum Gasteiger partial charge on any atom is -0.497 e. The van der Waals surface area contributed by atoms with Crippen LogP contribution in [0.3, 0.4) is 0 Å². The molecule has 0 aliphatic heterocycles. The normalized spacial score (nSPS) is 10.5. The minimum absolute atomic E-state index is 0.584. The monoisotopic (exact) mass is 300 g/mol. The van der Waals surface area contributed by atoms with Crippen LogP contribution in [-0.2, 0) is 0 Å². The molecule has 0 radical (unpaired) electrons. The van der Waals surface area contributed by atoms with Gasteiger partial charge in [-0.15, -0.1) is 0 Å². The summed E-state index contributed by atoms with van der Waals surface area (Å²) in [5, 5.41) is 4.21. The van der Waals surface area contributed by atoms with E-state index in [9.17, 15) is 0 Å². The average Bonchev–Trinajstić information content (AvgIpc) is 2.56. The molecule has 116 valence electrons. The van der Waals surface area contributed by atoms with Crippen molar-refractivity contribution in [3.8, 4) is 17.2 Å². The minimum atomic E-state index is 0.584. The third-order valence-electron chi connectivity index (χ3n) is 2.98. The molecule has 0 saturated heterocycles. The lowest BCUT2D eigenvalue weighted by Gasteiger charge is -2.09. The lowest BCUT2D eigenvalue weighted by atomic mass is 10.2. The van der Waals surface area contributed by atoms with Crippen LogP contribution in [0.15, 0.2) is 47.6 Å². The van der Waals surface area contributed by atoms with Gasteiger partial charge in [0.25, 0.3) is 0 Å². The number of anilines is 1. The van der Waals surface area contributed by atoms with Gasteiger partial charge in [0.1, 0.15) is 5.75 Å². The highest BCUT2D eigenvalue weighted by Crippen LogP contribution is 2.27. The van der Waals surface area contributed by atoms with Gasteiger partial charge in [0.05, 0.1) is 32.7 Å². The number of nitrogens with one attached hydrogen (secondary N) is 1. The number of hydrazone groups is 1. The third kappa shape index (κ3) is 4.15. The Kier molecular flexibility index (Phi) is 5.65. The zero-order valence-electron chi connectivity index (χ0n) is 13.0. The molecule has 0 bridgehead atoms. The van der Waals surface area contributed by atoms with E-state index in [-0.39, 0.29) is 0 Å². The van der Waals surface area contributed by atoms with Crippen molar-refractivity contribution in [2.24, 2.45) is 5.10 Å². The van der Waals surface area contributed by atoms with E-state index in [2.05, 4.69) is 10.5 Å². The molecule has 5 heteroatoms. The summed E-state index contributed by atoms with van der Waals surface area (Å²) in [5.41, 5.74) is 4.77. The molecule has 5 nitrogen and oxygen atoms in total. The van der Waals surface area contributed by atoms with Gasteiger partial charge in [-0.05, 0) is 55.0 Å². The Bertz CT molecular complexity index is 624. The summed E-state index contributed by atoms with van der Waals surface area (Å²) in [4.78, 5) is 0. The highest BCUT2D eigenvalue weighted by molar-refractivity contribution is 5.81. The van der Waals surface area contributed by atoms with Gasteiger partial charge >= 0.3 is 0 Å². The molecule has 0 aromatic heterocycles. The van der Waals surface area contributed by atoms with Crippen molar-refractivity contribution < 1.29 is 14.2 Å². The van der Waals surface area contributed by atoms with Crippen LogP contribution in [0, 0.1) is 0 Å². The lowest BCUT2D eigenvalue weighted by Crippen LogP contribution is -1.97. The van der Waals surface area contributed by atoms with Gasteiger partial charge in [-0.25, -0.2) is 0 Å². The number of rotatable bonds is 7. The van der Waals surface area contributed by atoms with E-state index >= 15 is 0 Å². The highest BCUT2D eigenvalue weighted by Gasteiger charge is 2.03. The van der Waals surface area contributed by atoms with Crippen molar-refractivity contribution in [3.63, 3.8) is 0 Å². The number of ether oxygens (including phenoxy) is 3. The first-order chi connectivity index (χ1) is 10.8. The Morgan fingerprint density at radius 2 is 1.77 bits per heavy atom. The third-order valence-corrected chi connectivity index (χ3v) is 2.98. The average molecular weight is 300 g/mol. The van der Waals surface area contributed by atoms with Crippen molar-refractivity contribution >= 4 is 11.9 Å². The zero-order chi connectivity index (χ0) is 15.8. The molecule has 2 aromatic rings. The van der Waals surface area contributed by atoms with Crippen LogP contribution in [-0.4, -0.2) is 27.0 Å². The SMILES string of the molecule is CCOc1cc(/C=N/Nc2ccc(OC)cc2)ccc1OC. The van der Waals surface area contributed by atoms with Crippen LogP contribution in [0.5, 0.6) is 17.2 Å². The number of nitrogens with zero attached hydrogens (tertiary/aromatic N) is 1. The largest absolute Gasteiger partial charge is 0.497 e. The van der Waals surface area contributed by atoms with E-state index in [1.165, 1.54) is 0 Å². The van der Waals surface area contributed by atoms with Crippen LogP contribution >= 0.6 is 0 Å². The summed E-state index contributed by atoms with van der Waals surface area (Å²) in [7, 11) is 3.26. The van der Waals surface area contributed by atoms with E-state index in [1.54, 1.807) is 20.4 Å². The van der Waals surface area contributed by atoms with Crippen LogP contribution in [0.2, 0.25) is 0 Å². The molecule has 0 atom stereocenters. The van der Waals surface area contributed by atoms with Gasteiger partial charge in [-0.1, -0.05) is 0 Å². The standard InChI is InChI=1S/C17H20N2O3/c1-4-22-17-11-13(5-10-16(17)21-3)12-18-19-14-6-8-15(20-2)9-7-14/h5-12,19H,4H2,1-3H3/b18-12+. The van der Waals surface area contributed by atoms with Crippen LogP contribution in [0.25, 0.3) is 0 Å².